The molecular formula is C14H24N2O. The first-order chi connectivity index (χ1) is 8.22. The van der Waals surface area contributed by atoms with Gasteiger partial charge in [-0.15, -0.1) is 12.3 Å². The summed E-state index contributed by atoms with van der Waals surface area (Å²) in [4.78, 5) is 11.8. The minimum absolute atomic E-state index is 0.0639. The molecule has 1 fully saturated rings. The average molecular weight is 236 g/mol. The summed E-state index contributed by atoms with van der Waals surface area (Å²) in [5, 5.41) is 2.93. The fourth-order valence-electron chi connectivity index (χ4n) is 2.58. The maximum atomic E-state index is 11.8. The van der Waals surface area contributed by atoms with E-state index in [0.29, 0.717) is 19.5 Å². The Morgan fingerprint density at radius 3 is 2.65 bits per heavy atom. The molecule has 0 radical (unpaired) electrons. The highest BCUT2D eigenvalue weighted by Crippen LogP contribution is 2.38. The summed E-state index contributed by atoms with van der Waals surface area (Å²) in [6.07, 6.45) is 13.2. The molecule has 1 amide bonds. The van der Waals surface area contributed by atoms with E-state index in [0.717, 1.165) is 25.7 Å². The number of carbonyl (C=O) groups excluding carboxylic acids is 1. The molecule has 17 heavy (non-hydrogen) atoms. The first-order valence-corrected chi connectivity index (χ1v) is 6.63. The third kappa shape index (κ3) is 4.79. The van der Waals surface area contributed by atoms with Crippen LogP contribution >= 0.6 is 0 Å². The third-order valence-corrected chi connectivity index (χ3v) is 3.70. The molecule has 1 saturated carbocycles. The molecule has 3 heteroatoms. The van der Waals surface area contributed by atoms with Crippen LogP contribution in [0.3, 0.4) is 0 Å². The van der Waals surface area contributed by atoms with Gasteiger partial charge in [-0.2, -0.15) is 0 Å². The van der Waals surface area contributed by atoms with Gasteiger partial charge >= 0.3 is 0 Å². The van der Waals surface area contributed by atoms with E-state index in [1.54, 1.807) is 0 Å². The van der Waals surface area contributed by atoms with Crippen molar-refractivity contribution < 1.29 is 4.79 Å². The van der Waals surface area contributed by atoms with E-state index in [9.17, 15) is 4.79 Å². The van der Waals surface area contributed by atoms with E-state index in [1.807, 2.05) is 0 Å². The van der Waals surface area contributed by atoms with E-state index in [-0.39, 0.29) is 11.3 Å². The summed E-state index contributed by atoms with van der Waals surface area (Å²) in [7, 11) is 0. The molecule has 0 aromatic heterocycles. The van der Waals surface area contributed by atoms with Crippen molar-refractivity contribution in [3.05, 3.63) is 0 Å². The van der Waals surface area contributed by atoms with Crippen LogP contribution in [0.2, 0.25) is 0 Å². The lowest BCUT2D eigenvalue weighted by molar-refractivity contribution is -0.123. The van der Waals surface area contributed by atoms with Crippen molar-refractivity contribution in [3.8, 4) is 12.3 Å². The van der Waals surface area contributed by atoms with Crippen molar-refractivity contribution in [1.29, 1.82) is 0 Å². The summed E-state index contributed by atoms with van der Waals surface area (Å²) in [5.41, 5.74) is 5.92. The molecule has 0 spiro atoms. The van der Waals surface area contributed by atoms with Gasteiger partial charge in [0, 0.05) is 19.4 Å². The number of amides is 1. The van der Waals surface area contributed by atoms with Gasteiger partial charge in [-0.25, -0.2) is 0 Å². The molecule has 1 aliphatic rings. The summed E-state index contributed by atoms with van der Waals surface area (Å²) < 4.78 is 0. The van der Waals surface area contributed by atoms with Crippen LogP contribution in [0.15, 0.2) is 0 Å². The molecule has 3 nitrogen and oxygen atoms in total. The second-order valence-electron chi connectivity index (χ2n) is 5.10. The standard InChI is InChI=1S/C14H24N2O/c1-2-3-7-10-16-13(17)11-14(12-15)8-5-4-6-9-14/h1H,3-12,15H2,(H,16,17). The topological polar surface area (TPSA) is 55.1 Å². The number of hydrogen-bond donors (Lipinski definition) is 2. The second kappa shape index (κ2) is 7.34. The summed E-state index contributed by atoms with van der Waals surface area (Å²) >= 11 is 0. The van der Waals surface area contributed by atoms with E-state index < -0.39 is 0 Å². The quantitative estimate of drug-likeness (QED) is 0.546. The second-order valence-corrected chi connectivity index (χ2v) is 5.10. The molecule has 0 aromatic carbocycles. The van der Waals surface area contributed by atoms with Crippen molar-refractivity contribution in [2.45, 2.75) is 51.4 Å². The van der Waals surface area contributed by atoms with Crippen LogP contribution in [0.25, 0.3) is 0 Å². The first kappa shape index (κ1) is 14.1. The van der Waals surface area contributed by atoms with Crippen LogP contribution in [0.5, 0.6) is 0 Å². The number of hydrogen-bond acceptors (Lipinski definition) is 2. The van der Waals surface area contributed by atoms with Gasteiger partial charge in [0.25, 0.3) is 0 Å². The van der Waals surface area contributed by atoms with Gasteiger partial charge in [0.05, 0.1) is 0 Å². The van der Waals surface area contributed by atoms with Gasteiger partial charge in [0.1, 0.15) is 0 Å². The molecule has 96 valence electrons. The summed E-state index contributed by atoms with van der Waals surface area (Å²) in [5.74, 6) is 2.70. The lowest BCUT2D eigenvalue weighted by atomic mass is 9.71. The van der Waals surface area contributed by atoms with E-state index in [2.05, 4.69) is 11.2 Å². The Bertz CT molecular complexity index is 274. The molecule has 0 heterocycles. The van der Waals surface area contributed by atoms with Crippen LogP contribution in [0, 0.1) is 17.8 Å². The summed E-state index contributed by atoms with van der Waals surface area (Å²) in [6.45, 7) is 1.31. The zero-order chi connectivity index (χ0) is 12.6. The predicted octanol–water partition coefficient (Wildman–Crippen LogP) is 1.82. The van der Waals surface area contributed by atoms with Gasteiger partial charge in [0.2, 0.25) is 5.91 Å². The molecule has 0 saturated heterocycles. The van der Waals surface area contributed by atoms with E-state index in [4.69, 9.17) is 12.2 Å². The molecule has 0 atom stereocenters. The highest BCUT2D eigenvalue weighted by atomic mass is 16.1. The Labute approximate surface area is 105 Å². The zero-order valence-electron chi connectivity index (χ0n) is 10.6. The Balaban J connectivity index is 2.30. The molecule has 0 bridgehead atoms. The third-order valence-electron chi connectivity index (χ3n) is 3.70. The molecule has 1 aliphatic carbocycles. The van der Waals surface area contributed by atoms with Crippen molar-refractivity contribution in [1.82, 2.24) is 5.32 Å². The highest BCUT2D eigenvalue weighted by molar-refractivity contribution is 5.76. The molecule has 0 aromatic rings. The Kier molecular flexibility index (Phi) is 6.07. The van der Waals surface area contributed by atoms with Gasteiger partial charge in [0.15, 0.2) is 0 Å². The van der Waals surface area contributed by atoms with Crippen LogP contribution in [0.1, 0.15) is 51.4 Å². The van der Waals surface area contributed by atoms with E-state index in [1.165, 1.54) is 19.3 Å². The fraction of sp³-hybridized carbons (Fsp3) is 0.786. The van der Waals surface area contributed by atoms with Crippen LogP contribution in [-0.2, 0) is 4.79 Å². The first-order valence-electron chi connectivity index (χ1n) is 6.63. The van der Waals surface area contributed by atoms with E-state index >= 15 is 0 Å². The zero-order valence-corrected chi connectivity index (χ0v) is 10.6. The predicted molar refractivity (Wildman–Crippen MR) is 70.3 cm³/mol. The number of nitrogens with one attached hydrogen (secondary N) is 1. The molecule has 0 unspecified atom stereocenters. The van der Waals surface area contributed by atoms with Crippen molar-refractivity contribution in [3.63, 3.8) is 0 Å². The van der Waals surface area contributed by atoms with Crippen LogP contribution in [-0.4, -0.2) is 19.0 Å². The molecular weight excluding hydrogens is 212 g/mol. The van der Waals surface area contributed by atoms with Gasteiger partial charge < -0.3 is 11.1 Å². The fourth-order valence-corrected chi connectivity index (χ4v) is 2.58. The SMILES string of the molecule is C#CCCCNC(=O)CC1(CN)CCCCC1. The monoisotopic (exact) mass is 236 g/mol. The lowest BCUT2D eigenvalue weighted by Gasteiger charge is -2.35. The minimum atomic E-state index is 0.0639. The molecule has 3 N–H and O–H groups in total. The van der Waals surface area contributed by atoms with Gasteiger partial charge in [-0.3, -0.25) is 4.79 Å². The van der Waals surface area contributed by atoms with Crippen LogP contribution in [0.4, 0.5) is 0 Å². The van der Waals surface area contributed by atoms with Crippen molar-refractivity contribution in [2.24, 2.45) is 11.1 Å². The minimum Gasteiger partial charge on any atom is -0.356 e. The normalized spacial score (nSPS) is 18.4. The Hall–Kier alpha value is -1.01. The molecule has 1 rings (SSSR count). The largest absolute Gasteiger partial charge is 0.356 e. The smallest absolute Gasteiger partial charge is 0.220 e. The number of nitrogens with two attached hydrogens (primary N) is 1. The lowest BCUT2D eigenvalue weighted by Crippen LogP contribution is -2.38. The average Bonchev–Trinajstić information content (AvgIpc) is 2.36. The maximum Gasteiger partial charge on any atom is 0.220 e. The van der Waals surface area contributed by atoms with Crippen molar-refractivity contribution in [2.75, 3.05) is 13.1 Å². The van der Waals surface area contributed by atoms with Crippen LogP contribution < -0.4 is 11.1 Å². The van der Waals surface area contributed by atoms with Gasteiger partial charge in [-0.05, 0) is 31.2 Å². The number of rotatable bonds is 6. The van der Waals surface area contributed by atoms with Crippen molar-refractivity contribution >= 4 is 5.91 Å². The Morgan fingerprint density at radius 1 is 1.35 bits per heavy atom. The number of carbonyl (C=O) groups is 1. The highest BCUT2D eigenvalue weighted by Gasteiger charge is 2.32. The Morgan fingerprint density at radius 2 is 2.06 bits per heavy atom. The maximum absolute atomic E-state index is 11.8. The number of terminal acetylenes is 1. The van der Waals surface area contributed by atoms with Gasteiger partial charge in [-0.1, -0.05) is 19.3 Å². The number of unbranched alkanes of at least 4 members (excludes halogenated alkanes) is 1. The summed E-state index contributed by atoms with van der Waals surface area (Å²) in [6, 6.07) is 0. The molecule has 0 aliphatic heterocycles.